The molecule has 2 aromatic rings. The zero-order chi connectivity index (χ0) is 17.2. The topological polar surface area (TPSA) is 75.4 Å². The van der Waals surface area contributed by atoms with Gasteiger partial charge in [0.25, 0.3) is 0 Å². The van der Waals surface area contributed by atoms with E-state index < -0.39 is 0 Å². The summed E-state index contributed by atoms with van der Waals surface area (Å²) in [7, 11) is 1.80. The summed E-state index contributed by atoms with van der Waals surface area (Å²) in [5, 5.41) is 4.09. The Balaban J connectivity index is 1.50. The third-order valence-corrected chi connectivity index (χ3v) is 5.14. The molecule has 0 aromatic carbocycles. The van der Waals surface area contributed by atoms with Crippen molar-refractivity contribution in [2.75, 3.05) is 25.0 Å². The van der Waals surface area contributed by atoms with Gasteiger partial charge in [0.2, 0.25) is 17.6 Å². The van der Waals surface area contributed by atoms with Crippen LogP contribution in [0, 0.1) is 0 Å². The third-order valence-electron chi connectivity index (χ3n) is 5.14. The number of aromatic nitrogens is 3. The number of rotatable bonds is 3. The Morgan fingerprint density at radius 1 is 1.16 bits per heavy atom. The molecule has 4 heterocycles. The van der Waals surface area contributed by atoms with Crippen LogP contribution in [0.2, 0.25) is 0 Å². The van der Waals surface area contributed by atoms with E-state index in [0.29, 0.717) is 18.1 Å². The monoisotopic (exact) mass is 341 g/mol. The molecule has 0 radical (unpaired) electrons. The average Bonchev–Trinajstić information content (AvgIpc) is 3.15. The quantitative estimate of drug-likeness (QED) is 0.854. The number of pyridine rings is 1. The van der Waals surface area contributed by atoms with Crippen LogP contribution in [0.3, 0.4) is 0 Å². The van der Waals surface area contributed by atoms with Crippen LogP contribution in [0.15, 0.2) is 22.9 Å². The molecule has 7 heteroatoms. The molecule has 2 aliphatic heterocycles. The lowest BCUT2D eigenvalue weighted by molar-refractivity contribution is -0.135. The van der Waals surface area contributed by atoms with Crippen molar-refractivity contribution in [3.8, 4) is 11.4 Å². The molecule has 132 valence electrons. The maximum atomic E-state index is 11.9. The highest BCUT2D eigenvalue weighted by Gasteiger charge is 2.30. The summed E-state index contributed by atoms with van der Waals surface area (Å²) >= 11 is 0. The third kappa shape index (κ3) is 3.23. The van der Waals surface area contributed by atoms with E-state index in [9.17, 15) is 4.79 Å². The Morgan fingerprint density at radius 2 is 2.00 bits per heavy atom. The zero-order valence-electron chi connectivity index (χ0n) is 14.5. The van der Waals surface area contributed by atoms with Crippen molar-refractivity contribution >= 4 is 11.7 Å². The van der Waals surface area contributed by atoms with Crippen molar-refractivity contribution in [3.05, 3.63) is 24.2 Å². The van der Waals surface area contributed by atoms with Gasteiger partial charge in [0.1, 0.15) is 11.9 Å². The predicted molar refractivity (Wildman–Crippen MR) is 93.0 cm³/mol. The molecule has 0 bridgehead atoms. The molecule has 0 aliphatic carbocycles. The second-order valence-electron chi connectivity index (χ2n) is 6.82. The van der Waals surface area contributed by atoms with Gasteiger partial charge in [0.05, 0.1) is 0 Å². The number of anilines is 1. The van der Waals surface area contributed by atoms with Crippen LogP contribution in [0.25, 0.3) is 11.4 Å². The van der Waals surface area contributed by atoms with E-state index in [0.717, 1.165) is 37.3 Å². The van der Waals surface area contributed by atoms with Gasteiger partial charge in [-0.2, -0.15) is 4.98 Å². The summed E-state index contributed by atoms with van der Waals surface area (Å²) in [4.78, 5) is 25.0. The number of nitrogens with zero attached hydrogens (tertiary/aromatic N) is 5. The molecule has 25 heavy (non-hydrogen) atoms. The summed E-state index contributed by atoms with van der Waals surface area (Å²) in [5.74, 6) is 2.16. The van der Waals surface area contributed by atoms with Gasteiger partial charge in [-0.05, 0) is 44.2 Å². The van der Waals surface area contributed by atoms with Gasteiger partial charge < -0.3 is 14.3 Å². The summed E-state index contributed by atoms with van der Waals surface area (Å²) in [6.45, 7) is 2.14. The highest BCUT2D eigenvalue weighted by Crippen LogP contribution is 2.30. The van der Waals surface area contributed by atoms with Crippen molar-refractivity contribution in [3.63, 3.8) is 0 Å². The van der Waals surface area contributed by atoms with Gasteiger partial charge >= 0.3 is 0 Å². The number of amides is 1. The van der Waals surface area contributed by atoms with E-state index in [1.165, 1.54) is 19.3 Å². The smallest absolute Gasteiger partial charge is 0.249 e. The normalized spacial score (nSPS) is 21.6. The first-order valence-corrected chi connectivity index (χ1v) is 9.03. The molecular weight excluding hydrogens is 318 g/mol. The van der Waals surface area contributed by atoms with Crippen LogP contribution < -0.4 is 4.90 Å². The second-order valence-corrected chi connectivity index (χ2v) is 6.82. The standard InChI is InChI=1S/C18H23N5O2/c1-22-14(6-5-7-16(22)24)18-20-17(21-25-18)13-8-9-15(19-12-13)23-10-3-2-4-11-23/h8-9,12,14H,2-7,10-11H2,1H3. The molecular formula is C18H23N5O2. The Morgan fingerprint density at radius 3 is 2.76 bits per heavy atom. The number of hydrogen-bond donors (Lipinski definition) is 0. The van der Waals surface area contributed by atoms with Crippen molar-refractivity contribution in [1.29, 1.82) is 0 Å². The fourth-order valence-corrected chi connectivity index (χ4v) is 3.60. The molecule has 0 spiro atoms. The van der Waals surface area contributed by atoms with Crippen LogP contribution in [-0.2, 0) is 4.79 Å². The fourth-order valence-electron chi connectivity index (χ4n) is 3.60. The van der Waals surface area contributed by atoms with Gasteiger partial charge in [0.15, 0.2) is 0 Å². The van der Waals surface area contributed by atoms with E-state index in [2.05, 4.69) is 20.0 Å². The van der Waals surface area contributed by atoms with Crippen LogP contribution in [0.5, 0.6) is 0 Å². The molecule has 0 saturated carbocycles. The minimum absolute atomic E-state index is 0.122. The Hall–Kier alpha value is -2.44. The van der Waals surface area contributed by atoms with E-state index in [1.807, 2.05) is 12.1 Å². The lowest BCUT2D eigenvalue weighted by Crippen LogP contribution is -2.34. The maximum absolute atomic E-state index is 11.9. The van der Waals surface area contributed by atoms with Crippen molar-refractivity contribution in [1.82, 2.24) is 20.0 Å². The van der Waals surface area contributed by atoms with E-state index >= 15 is 0 Å². The molecule has 1 atom stereocenters. The molecule has 2 aliphatic rings. The van der Waals surface area contributed by atoms with E-state index in [-0.39, 0.29) is 11.9 Å². The lowest BCUT2D eigenvalue weighted by Gasteiger charge is -2.29. The van der Waals surface area contributed by atoms with Crippen LogP contribution in [0.1, 0.15) is 50.5 Å². The first-order valence-electron chi connectivity index (χ1n) is 9.03. The summed E-state index contributed by atoms with van der Waals surface area (Å²) in [5.41, 5.74) is 0.834. The molecule has 7 nitrogen and oxygen atoms in total. The Bertz CT molecular complexity index is 736. The van der Waals surface area contributed by atoms with Gasteiger partial charge in [-0.25, -0.2) is 4.98 Å². The van der Waals surface area contributed by atoms with Crippen molar-refractivity contribution in [2.24, 2.45) is 0 Å². The van der Waals surface area contributed by atoms with Gasteiger partial charge in [0, 0.05) is 38.3 Å². The summed E-state index contributed by atoms with van der Waals surface area (Å²) in [6, 6.07) is 3.89. The maximum Gasteiger partial charge on any atom is 0.249 e. The average molecular weight is 341 g/mol. The zero-order valence-corrected chi connectivity index (χ0v) is 14.5. The fraction of sp³-hybridized carbons (Fsp3) is 0.556. The minimum Gasteiger partial charge on any atom is -0.357 e. The number of hydrogen-bond acceptors (Lipinski definition) is 6. The summed E-state index contributed by atoms with van der Waals surface area (Å²) < 4.78 is 5.43. The Labute approximate surface area is 147 Å². The Kier molecular flexibility index (Phi) is 4.38. The van der Waals surface area contributed by atoms with Gasteiger partial charge in [-0.1, -0.05) is 5.16 Å². The molecule has 4 rings (SSSR count). The van der Waals surface area contributed by atoms with Crippen molar-refractivity contribution in [2.45, 2.75) is 44.6 Å². The molecule has 2 fully saturated rings. The first-order chi connectivity index (χ1) is 12.2. The minimum atomic E-state index is -0.122. The lowest BCUT2D eigenvalue weighted by atomic mass is 10.0. The van der Waals surface area contributed by atoms with Crippen LogP contribution >= 0.6 is 0 Å². The van der Waals surface area contributed by atoms with Gasteiger partial charge in [-0.15, -0.1) is 0 Å². The molecule has 2 aromatic heterocycles. The van der Waals surface area contributed by atoms with E-state index in [4.69, 9.17) is 4.52 Å². The SMILES string of the molecule is CN1C(=O)CCCC1c1nc(-c2ccc(N3CCCCC3)nc2)no1. The van der Waals surface area contributed by atoms with E-state index in [1.54, 1.807) is 18.1 Å². The highest BCUT2D eigenvalue weighted by atomic mass is 16.5. The number of carbonyl (C=O) groups excluding carboxylic acids is 1. The molecule has 0 N–H and O–H groups in total. The second kappa shape index (κ2) is 6.82. The molecule has 1 amide bonds. The molecule has 2 saturated heterocycles. The van der Waals surface area contributed by atoms with Crippen molar-refractivity contribution < 1.29 is 9.32 Å². The number of likely N-dealkylation sites (tertiary alicyclic amines) is 1. The summed E-state index contributed by atoms with van der Waals surface area (Å²) in [6.07, 6.45) is 7.87. The number of piperidine rings is 2. The first kappa shape index (κ1) is 16.1. The predicted octanol–water partition coefficient (Wildman–Crippen LogP) is 2.81. The molecule has 1 unspecified atom stereocenters. The van der Waals surface area contributed by atoms with Crippen LogP contribution in [0.4, 0.5) is 5.82 Å². The largest absolute Gasteiger partial charge is 0.357 e. The van der Waals surface area contributed by atoms with Crippen LogP contribution in [-0.4, -0.2) is 46.1 Å². The number of carbonyl (C=O) groups is 1. The highest BCUT2D eigenvalue weighted by molar-refractivity contribution is 5.77. The van der Waals surface area contributed by atoms with Gasteiger partial charge in [-0.3, -0.25) is 4.79 Å².